The molecule has 0 radical (unpaired) electrons. The number of aromatic amines is 1. The van der Waals surface area contributed by atoms with Crippen LogP contribution in [0.15, 0.2) is 42.6 Å². The highest BCUT2D eigenvalue weighted by Gasteiger charge is 2.16. The highest BCUT2D eigenvalue weighted by Crippen LogP contribution is 2.36. The third-order valence-electron chi connectivity index (χ3n) is 3.68. The van der Waals surface area contributed by atoms with Crippen LogP contribution in [-0.4, -0.2) is 21.0 Å². The summed E-state index contributed by atoms with van der Waals surface area (Å²) < 4.78 is 0. The number of hydrogen-bond donors (Lipinski definition) is 2. The maximum Gasteiger partial charge on any atom is 0.337 e. The molecule has 0 bridgehead atoms. The molecule has 2 aromatic carbocycles. The van der Waals surface area contributed by atoms with E-state index in [4.69, 9.17) is 11.6 Å². The van der Waals surface area contributed by atoms with Gasteiger partial charge in [-0.1, -0.05) is 29.8 Å². The van der Waals surface area contributed by atoms with Crippen LogP contribution in [0.2, 0.25) is 5.15 Å². The van der Waals surface area contributed by atoms with Crippen LogP contribution >= 0.6 is 11.6 Å². The maximum absolute atomic E-state index is 11.4. The molecule has 2 heterocycles. The molecule has 0 unspecified atom stereocenters. The molecule has 4 nitrogen and oxygen atoms in total. The first kappa shape index (κ1) is 12.2. The lowest BCUT2D eigenvalue weighted by Gasteiger charge is -2.02. The zero-order chi connectivity index (χ0) is 14.6. The van der Waals surface area contributed by atoms with Crippen LogP contribution in [0.3, 0.4) is 0 Å². The maximum atomic E-state index is 11.4. The van der Waals surface area contributed by atoms with E-state index in [9.17, 15) is 9.90 Å². The standard InChI is InChI=1S/C16H9ClN2O2/c17-15-12-8(6-7-18-15)4-5-11-13(12)9-2-1-3-10(16(20)21)14(9)19-11/h1-7,18H,(H,20,21). The Morgan fingerprint density at radius 2 is 2.00 bits per heavy atom. The lowest BCUT2D eigenvalue weighted by atomic mass is 10.0. The monoisotopic (exact) mass is 296 g/mol. The van der Waals surface area contributed by atoms with Gasteiger partial charge in [0.1, 0.15) is 5.15 Å². The van der Waals surface area contributed by atoms with Gasteiger partial charge in [-0.25, -0.2) is 9.78 Å². The zero-order valence-electron chi connectivity index (χ0n) is 10.7. The van der Waals surface area contributed by atoms with Gasteiger partial charge in [0.2, 0.25) is 0 Å². The summed E-state index contributed by atoms with van der Waals surface area (Å²) in [5, 5.41) is 13.4. The number of H-pyrrole nitrogens is 1. The summed E-state index contributed by atoms with van der Waals surface area (Å²) >= 11 is 6.30. The number of carboxylic acid groups (broad SMARTS) is 1. The van der Waals surface area contributed by atoms with E-state index in [1.807, 2.05) is 24.3 Å². The second-order valence-electron chi connectivity index (χ2n) is 4.83. The van der Waals surface area contributed by atoms with E-state index in [0.717, 1.165) is 27.1 Å². The van der Waals surface area contributed by atoms with Crippen molar-refractivity contribution in [1.82, 2.24) is 9.97 Å². The van der Waals surface area contributed by atoms with Gasteiger partial charge < -0.3 is 10.1 Å². The van der Waals surface area contributed by atoms with Gasteiger partial charge in [0.15, 0.2) is 0 Å². The van der Waals surface area contributed by atoms with E-state index in [1.165, 1.54) is 0 Å². The number of carboxylic acids is 1. The Bertz CT molecular complexity index is 1040. The molecule has 2 N–H and O–H groups in total. The minimum atomic E-state index is -0.981. The number of para-hydroxylation sites is 1. The van der Waals surface area contributed by atoms with E-state index in [-0.39, 0.29) is 5.56 Å². The van der Waals surface area contributed by atoms with Gasteiger partial charge in [-0.05, 0) is 23.6 Å². The summed E-state index contributed by atoms with van der Waals surface area (Å²) in [5.74, 6) is -0.981. The molecule has 2 aromatic heterocycles. The van der Waals surface area contributed by atoms with Crippen molar-refractivity contribution in [3.8, 4) is 0 Å². The molecule has 0 atom stereocenters. The summed E-state index contributed by atoms with van der Waals surface area (Å²) in [6, 6.07) is 10.9. The second kappa shape index (κ2) is 4.20. The Morgan fingerprint density at radius 1 is 1.14 bits per heavy atom. The van der Waals surface area contributed by atoms with Gasteiger partial charge in [0, 0.05) is 22.4 Å². The number of aromatic carboxylic acids is 1. The van der Waals surface area contributed by atoms with Crippen LogP contribution in [0.5, 0.6) is 0 Å². The number of rotatable bonds is 1. The smallest absolute Gasteiger partial charge is 0.337 e. The Morgan fingerprint density at radius 3 is 2.81 bits per heavy atom. The van der Waals surface area contributed by atoms with Crippen LogP contribution in [0.4, 0.5) is 0 Å². The van der Waals surface area contributed by atoms with Gasteiger partial charge in [-0.15, -0.1) is 0 Å². The van der Waals surface area contributed by atoms with Crippen LogP contribution in [0.1, 0.15) is 10.4 Å². The summed E-state index contributed by atoms with van der Waals surface area (Å²) in [7, 11) is 0. The zero-order valence-corrected chi connectivity index (χ0v) is 11.5. The van der Waals surface area contributed by atoms with Gasteiger partial charge in [-0.3, -0.25) is 0 Å². The van der Waals surface area contributed by atoms with Crippen molar-refractivity contribution in [3.05, 3.63) is 53.3 Å². The first-order valence-corrected chi connectivity index (χ1v) is 6.76. The van der Waals surface area contributed by atoms with Crippen LogP contribution in [0, 0.1) is 0 Å². The highest BCUT2D eigenvalue weighted by molar-refractivity contribution is 6.38. The number of aromatic nitrogens is 2. The van der Waals surface area contributed by atoms with Gasteiger partial charge >= 0.3 is 5.97 Å². The number of carbonyl (C=O) groups is 1. The molecular weight excluding hydrogens is 288 g/mol. The predicted octanol–water partition coefficient (Wildman–Crippen LogP) is 4.22. The third-order valence-corrected chi connectivity index (χ3v) is 3.97. The quantitative estimate of drug-likeness (QED) is 0.517. The van der Waals surface area contributed by atoms with Crippen molar-refractivity contribution in [2.45, 2.75) is 0 Å². The summed E-state index contributed by atoms with van der Waals surface area (Å²) in [5.41, 5.74) is 1.44. The van der Waals surface area contributed by atoms with E-state index < -0.39 is 5.97 Å². The van der Waals surface area contributed by atoms with E-state index in [2.05, 4.69) is 9.97 Å². The van der Waals surface area contributed by atoms with Crippen molar-refractivity contribution in [3.63, 3.8) is 0 Å². The SMILES string of the molecule is O=C(O)c1cccc2c1nc1ccc3cc[nH]c(Cl)c3c12. The Hall–Kier alpha value is -2.59. The average Bonchev–Trinajstić information content (AvgIpc) is 2.85. The molecule has 4 rings (SSSR count). The van der Waals surface area contributed by atoms with Crippen molar-refractivity contribution in [1.29, 1.82) is 0 Å². The summed E-state index contributed by atoms with van der Waals surface area (Å²) in [6.45, 7) is 0. The Labute approximate surface area is 124 Å². The largest absolute Gasteiger partial charge is 0.478 e. The number of benzene rings is 2. The number of pyridine rings is 1. The topological polar surface area (TPSA) is 66.0 Å². The van der Waals surface area contributed by atoms with Crippen molar-refractivity contribution < 1.29 is 9.90 Å². The number of fused-ring (bicyclic) bond motifs is 5. The van der Waals surface area contributed by atoms with Gasteiger partial charge in [0.05, 0.1) is 16.6 Å². The first-order chi connectivity index (χ1) is 10.2. The third kappa shape index (κ3) is 1.63. The highest BCUT2D eigenvalue weighted by atomic mass is 35.5. The number of nitrogens with zero attached hydrogens (tertiary/aromatic N) is 1. The Kier molecular flexibility index (Phi) is 2.43. The molecule has 102 valence electrons. The molecule has 4 aromatic rings. The molecule has 5 heteroatoms. The molecule has 0 aliphatic carbocycles. The molecule has 0 fully saturated rings. The fourth-order valence-corrected chi connectivity index (χ4v) is 3.05. The molecule has 0 saturated carbocycles. The molecule has 21 heavy (non-hydrogen) atoms. The second-order valence-corrected chi connectivity index (χ2v) is 5.21. The summed E-state index contributed by atoms with van der Waals surface area (Å²) in [6.07, 6.45) is 1.78. The minimum Gasteiger partial charge on any atom is -0.478 e. The molecule has 0 aliphatic rings. The van der Waals surface area contributed by atoms with Gasteiger partial charge in [-0.2, -0.15) is 0 Å². The Balaban J connectivity index is 2.32. The molecule has 0 aliphatic heterocycles. The van der Waals surface area contributed by atoms with Crippen LogP contribution in [0.25, 0.3) is 32.6 Å². The number of nitrogens with one attached hydrogen (secondary N) is 1. The fraction of sp³-hybridized carbons (Fsp3) is 0. The van der Waals surface area contributed by atoms with Crippen molar-refractivity contribution in [2.75, 3.05) is 0 Å². The number of hydrogen-bond acceptors (Lipinski definition) is 2. The summed E-state index contributed by atoms with van der Waals surface area (Å²) in [4.78, 5) is 18.8. The molecule has 0 spiro atoms. The molecule has 0 saturated heterocycles. The average molecular weight is 297 g/mol. The van der Waals surface area contributed by atoms with E-state index in [1.54, 1.807) is 18.3 Å². The van der Waals surface area contributed by atoms with E-state index >= 15 is 0 Å². The first-order valence-electron chi connectivity index (χ1n) is 6.38. The predicted molar refractivity (Wildman–Crippen MR) is 83.1 cm³/mol. The van der Waals surface area contributed by atoms with Gasteiger partial charge in [0.25, 0.3) is 0 Å². The van der Waals surface area contributed by atoms with Crippen molar-refractivity contribution >= 4 is 50.1 Å². The lowest BCUT2D eigenvalue weighted by molar-refractivity contribution is 0.0699. The van der Waals surface area contributed by atoms with Crippen molar-refractivity contribution in [2.24, 2.45) is 0 Å². The fourth-order valence-electron chi connectivity index (χ4n) is 2.78. The van der Waals surface area contributed by atoms with E-state index in [0.29, 0.717) is 10.7 Å². The normalized spacial score (nSPS) is 11.5. The van der Waals surface area contributed by atoms with Crippen LogP contribution < -0.4 is 0 Å². The molecule has 0 amide bonds. The minimum absolute atomic E-state index is 0.202. The van der Waals surface area contributed by atoms with Crippen LogP contribution in [-0.2, 0) is 0 Å². The number of halogens is 1. The molecular formula is C16H9ClN2O2. The lowest BCUT2D eigenvalue weighted by Crippen LogP contribution is -1.96.